The third-order valence-electron chi connectivity index (χ3n) is 19.2. The van der Waals surface area contributed by atoms with E-state index in [1.807, 2.05) is 55.5 Å². The predicted octanol–water partition coefficient (Wildman–Crippen LogP) is 13.0. The third kappa shape index (κ3) is 54.9. The lowest BCUT2D eigenvalue weighted by Gasteiger charge is -2.17. The van der Waals surface area contributed by atoms with Crippen molar-refractivity contribution in [2.24, 2.45) is 0 Å². The highest BCUT2D eigenvalue weighted by Gasteiger charge is 2.10. The van der Waals surface area contributed by atoms with Gasteiger partial charge in [-0.1, -0.05) is 126 Å². The van der Waals surface area contributed by atoms with Crippen LogP contribution in [0, 0.1) is 34.0 Å². The molecule has 8 rings (SSSR count). The molecule has 0 spiro atoms. The van der Waals surface area contributed by atoms with Crippen molar-refractivity contribution in [2.45, 2.75) is 124 Å². The molecule has 3 N–H and O–H groups in total. The minimum Gasteiger partial charge on any atom is -0.497 e. The number of methoxy groups -OCH3 is 1. The highest BCUT2D eigenvalue weighted by atomic mass is 79.9. The quantitative estimate of drug-likeness (QED) is 0.0235. The van der Waals surface area contributed by atoms with Gasteiger partial charge in [0.2, 0.25) is 35.3 Å². The summed E-state index contributed by atoms with van der Waals surface area (Å²) in [7, 11) is 1.58. The Kier molecular flexibility index (Phi) is 69.4. The maximum Gasteiger partial charge on any atom is 0.233 e. The molecule has 0 aliphatic rings. The monoisotopic (exact) mass is 1850 g/mol. The van der Waals surface area contributed by atoms with Gasteiger partial charge >= 0.3 is 0 Å². The Morgan fingerprint density at radius 3 is 0.953 bits per heavy atom. The molecule has 33 nitrogen and oxygen atoms in total. The summed E-state index contributed by atoms with van der Waals surface area (Å²) in [6.07, 6.45) is 9.79. The number of halogens is 1. The topological polar surface area (TPSA) is 376 Å². The van der Waals surface area contributed by atoms with Crippen LogP contribution in [0.1, 0.15) is 149 Å². The molecule has 710 valence electrons. The van der Waals surface area contributed by atoms with E-state index in [9.17, 15) is 0 Å². The molecule has 34 heteroatoms. The maximum absolute atomic E-state index is 8.85. The Bertz CT molecular complexity index is 3840. The summed E-state index contributed by atoms with van der Waals surface area (Å²) in [5.74, 6) is 6.12. The zero-order valence-electron chi connectivity index (χ0n) is 79.4. The normalized spacial score (nSPS) is 10.4. The number of likely N-dealkylation sites (N-methyl/N-ethyl adjacent to an activating group) is 7. The second-order valence-electron chi connectivity index (χ2n) is 27.1. The van der Waals surface area contributed by atoms with E-state index in [4.69, 9.17) is 78.5 Å². The van der Waals surface area contributed by atoms with E-state index in [-0.39, 0.29) is 19.8 Å². The van der Waals surface area contributed by atoms with Gasteiger partial charge < -0.3 is 97.0 Å². The van der Waals surface area contributed by atoms with Crippen molar-refractivity contribution in [1.82, 2.24) is 84.6 Å². The summed E-state index contributed by atoms with van der Waals surface area (Å²) in [6.45, 7) is 65.7. The second-order valence-corrected chi connectivity index (χ2v) is 27.9. The molecule has 129 heavy (non-hydrogen) atoms. The van der Waals surface area contributed by atoms with E-state index in [1.165, 1.54) is 6.20 Å². The van der Waals surface area contributed by atoms with Crippen LogP contribution < -0.4 is 37.9 Å². The molecule has 0 fully saturated rings. The average molecular weight is 1860 g/mol. The van der Waals surface area contributed by atoms with Gasteiger partial charge in [-0.3, -0.25) is 4.98 Å². The largest absolute Gasteiger partial charge is 0.497 e. The Labute approximate surface area is 776 Å². The smallest absolute Gasteiger partial charge is 0.233 e. The number of ether oxygens (including phenoxy) is 10. The Hall–Kier alpha value is -10.9. The second kappa shape index (κ2) is 77.1. The van der Waals surface area contributed by atoms with Crippen LogP contribution in [0.4, 0.5) is 0 Å². The van der Waals surface area contributed by atoms with E-state index < -0.39 is 0 Å². The molecule has 0 unspecified atom stereocenters. The van der Waals surface area contributed by atoms with Gasteiger partial charge in [-0.2, -0.15) is 15.8 Å². The van der Waals surface area contributed by atoms with Crippen LogP contribution >= 0.6 is 15.9 Å². The van der Waals surface area contributed by atoms with Crippen molar-refractivity contribution in [2.75, 3.05) is 209 Å². The number of pyridine rings is 6. The first kappa shape index (κ1) is 116. The fourth-order valence-corrected chi connectivity index (χ4v) is 10.9. The number of alkyl halides is 1. The van der Waals surface area contributed by atoms with Crippen molar-refractivity contribution >= 4 is 27.4 Å². The van der Waals surface area contributed by atoms with E-state index in [0.29, 0.717) is 140 Å². The van der Waals surface area contributed by atoms with Crippen LogP contribution in [0.2, 0.25) is 0 Å². The molecule has 0 saturated heterocycles. The van der Waals surface area contributed by atoms with E-state index >= 15 is 0 Å². The van der Waals surface area contributed by atoms with Crippen molar-refractivity contribution in [3.63, 3.8) is 0 Å². The molecular weight excluding hydrogens is 1710 g/mol. The summed E-state index contributed by atoms with van der Waals surface area (Å²) in [4.78, 5) is 40.5. The van der Waals surface area contributed by atoms with Crippen molar-refractivity contribution < 1.29 is 62.7 Å². The maximum atomic E-state index is 8.85. The minimum absolute atomic E-state index is 0.0206. The highest BCUT2D eigenvalue weighted by Crippen LogP contribution is 2.19. The number of aromatic nitrogens is 10. The standard InChI is InChI=1S/C15H24N2O2.2C12H17N3O.2C12H20N2O2.C11H16N4O.C11H19N3O2.C10H12BrNO2/c1-5-17(6-2)10-11-19-15-9-8-14(12-16-15)13(4)18-7-3;1-3-15(4-2)7-8-16-12-6-5-11(9-13)14-10-12;1-3-15(4-2)7-8-16-12-6-5-11(9-13)10-14-12;1-3-14(4-2)7-8-16-12-6-5-11(10-15)13-9-12;1-3-14(4-2)7-8-16-12-6-5-11(10-15)9-13-12;1-3-15(4-2)7-8-16-11-6-5-10(9-12)13-14-11;1-3-14(4-2)7-8-16-11-6-5-10(9-15)12-13-11;1-8(13-2)9-3-4-10(12-7-9)14-6-5-11/h8-9,12H,4-7,10-11H2,1-3H3;2*5-6,10H,3-4,7-8H2,1-2H3;2*5-6,9,15H,3-4,7-8,10H2,1-2H3;5-6H,3-4,7-8H2,1-2H3;5-6,15H,3-4,7-9H2,1-2H3;3-4,7H,1,5-6H2,2H3. The Balaban J connectivity index is 0.000000738. The summed E-state index contributed by atoms with van der Waals surface area (Å²) in [5.41, 5.74) is 5.03. The molecule has 8 aromatic heterocycles. The molecule has 0 atom stereocenters. The van der Waals surface area contributed by atoms with Gasteiger partial charge in [0.05, 0.1) is 69.5 Å². The number of aliphatic hydroxyl groups is 3. The van der Waals surface area contributed by atoms with Gasteiger partial charge in [0.25, 0.3) is 0 Å². The molecule has 8 heterocycles. The molecular formula is C95H145BrN20O13. The van der Waals surface area contributed by atoms with E-state index in [1.54, 1.807) is 105 Å². The molecule has 0 aliphatic heterocycles. The number of hydrogen-bond donors (Lipinski definition) is 3. The number of nitriles is 3. The highest BCUT2D eigenvalue weighted by molar-refractivity contribution is 9.09. The summed E-state index contributed by atoms with van der Waals surface area (Å²) in [5, 5.41) is 68.1. The average Bonchev–Trinajstić information content (AvgIpc) is 0.889. The van der Waals surface area contributed by atoms with E-state index in [2.05, 4.69) is 211 Å². The summed E-state index contributed by atoms with van der Waals surface area (Å²) < 4.78 is 54.1. The van der Waals surface area contributed by atoms with Gasteiger partial charge in [0.15, 0.2) is 5.69 Å². The van der Waals surface area contributed by atoms with Crippen LogP contribution in [-0.2, 0) is 29.3 Å². The molecule has 0 amide bonds. The van der Waals surface area contributed by atoms with Gasteiger partial charge in [-0.05, 0) is 165 Å². The van der Waals surface area contributed by atoms with Gasteiger partial charge in [0.1, 0.15) is 93.2 Å². The van der Waals surface area contributed by atoms with Gasteiger partial charge in [-0.15, -0.1) is 20.4 Å². The molecule has 0 saturated carbocycles. The number of nitrogens with zero attached hydrogens (tertiary/aromatic N) is 20. The molecule has 8 aromatic rings. The SMILES string of the molecule is C=C(OC)c1ccc(OCCBr)nc1.C=C(OCC)c1ccc(OCCN(CC)CC)nc1.CCN(CC)CCOc1ccc(C#N)cn1.CCN(CC)CCOc1ccc(C#N)nc1.CCN(CC)CCOc1ccc(C#N)nn1.CCN(CC)CCOc1ccc(CO)cn1.CCN(CC)CCOc1ccc(CO)nc1.CCN(CC)CCOc1ccc(CO)nn1. The lowest BCUT2D eigenvalue weighted by atomic mass is 10.2. The third-order valence-corrected chi connectivity index (χ3v) is 19.5. The first-order chi connectivity index (χ1) is 62.8. The first-order valence-corrected chi connectivity index (χ1v) is 45.5. The van der Waals surface area contributed by atoms with Crippen LogP contribution in [-0.4, -0.2) is 309 Å². The predicted molar refractivity (Wildman–Crippen MR) is 510 cm³/mol. The summed E-state index contributed by atoms with van der Waals surface area (Å²) in [6, 6.07) is 34.1. The van der Waals surface area contributed by atoms with Crippen LogP contribution in [0.5, 0.6) is 46.8 Å². The van der Waals surface area contributed by atoms with Crippen LogP contribution in [0.3, 0.4) is 0 Å². The van der Waals surface area contributed by atoms with Crippen molar-refractivity contribution in [1.29, 1.82) is 15.8 Å². The van der Waals surface area contributed by atoms with Gasteiger partial charge in [-0.25, -0.2) is 24.9 Å². The summed E-state index contributed by atoms with van der Waals surface area (Å²) >= 11 is 3.27. The molecule has 0 aliphatic carbocycles. The number of rotatable bonds is 53. The van der Waals surface area contributed by atoms with E-state index in [0.717, 1.165) is 165 Å². The number of aliphatic hydroxyl groups excluding tert-OH is 3. The zero-order valence-corrected chi connectivity index (χ0v) is 81.0. The lowest BCUT2D eigenvalue weighted by Crippen LogP contribution is -2.28. The van der Waals surface area contributed by atoms with Crippen molar-refractivity contribution in [3.8, 4) is 65.0 Å². The fourth-order valence-electron chi connectivity index (χ4n) is 10.7. The minimum atomic E-state index is -0.0905. The molecule has 0 radical (unpaired) electrons. The zero-order chi connectivity index (χ0) is 95.3. The van der Waals surface area contributed by atoms with Crippen LogP contribution in [0.15, 0.2) is 147 Å². The van der Waals surface area contributed by atoms with Crippen LogP contribution in [0.25, 0.3) is 11.5 Å². The molecule has 0 aromatic carbocycles. The van der Waals surface area contributed by atoms with Gasteiger partial charge in [0, 0.05) is 123 Å². The lowest BCUT2D eigenvalue weighted by molar-refractivity contribution is 0.215. The first-order valence-electron chi connectivity index (χ1n) is 44.4. The molecule has 0 bridgehead atoms. The Morgan fingerprint density at radius 2 is 0.667 bits per heavy atom. The fraction of sp³-hybridized carbons (Fsp3) is 0.526. The van der Waals surface area contributed by atoms with Crippen molar-refractivity contribution in [3.05, 3.63) is 192 Å². The number of hydrogen-bond acceptors (Lipinski definition) is 33. The Morgan fingerprint density at radius 1 is 0.326 bits per heavy atom.